The Morgan fingerprint density at radius 1 is 0.872 bits per heavy atom. The molecule has 0 aliphatic rings. The van der Waals surface area contributed by atoms with Crippen molar-refractivity contribution in [2.24, 2.45) is 5.10 Å². The van der Waals surface area contributed by atoms with Crippen LogP contribution in [-0.4, -0.2) is 27.1 Å². The van der Waals surface area contributed by atoms with Crippen molar-refractivity contribution >= 4 is 27.8 Å². The van der Waals surface area contributed by atoms with Gasteiger partial charge in [0.25, 0.3) is 15.9 Å². The Bertz CT molecular complexity index is 1550. The van der Waals surface area contributed by atoms with Crippen LogP contribution >= 0.6 is 0 Å². The number of hydrogen-bond donors (Lipinski definition) is 1. The summed E-state index contributed by atoms with van der Waals surface area (Å²) in [4.78, 5) is 12.9. The molecule has 0 spiro atoms. The zero-order valence-corrected chi connectivity index (χ0v) is 23.0. The molecule has 0 aliphatic heterocycles. The molecule has 0 fully saturated rings. The Balaban J connectivity index is 1.41. The van der Waals surface area contributed by atoms with Crippen molar-refractivity contribution in [3.63, 3.8) is 0 Å². The Morgan fingerprint density at radius 3 is 2.23 bits per heavy atom. The second-order valence-electron chi connectivity index (χ2n) is 9.23. The predicted octanol–water partition coefficient (Wildman–Crippen LogP) is 5.54. The van der Waals surface area contributed by atoms with E-state index in [0.717, 1.165) is 26.6 Å². The SMILES string of the molecule is Cc1ccc(COc2ccc(/C=N/NC(=O)CN(c3ccc(C)c(C)c3)S(=O)(=O)c3ccccc3)cc2)cc1. The minimum atomic E-state index is -3.98. The second-order valence-corrected chi connectivity index (χ2v) is 11.1. The van der Waals surface area contributed by atoms with Gasteiger partial charge in [-0.1, -0.05) is 54.1 Å². The van der Waals surface area contributed by atoms with Gasteiger partial charge in [0.15, 0.2) is 0 Å². The molecule has 0 saturated heterocycles. The molecule has 0 atom stereocenters. The maximum atomic E-state index is 13.4. The van der Waals surface area contributed by atoms with E-state index in [-0.39, 0.29) is 4.90 Å². The smallest absolute Gasteiger partial charge is 0.264 e. The summed E-state index contributed by atoms with van der Waals surface area (Å²) in [5.74, 6) is 0.147. The van der Waals surface area contributed by atoms with Crippen LogP contribution in [0.15, 0.2) is 107 Å². The van der Waals surface area contributed by atoms with Crippen molar-refractivity contribution in [1.82, 2.24) is 5.43 Å². The molecule has 0 bridgehead atoms. The molecular weight excluding hydrogens is 510 g/mol. The van der Waals surface area contributed by atoms with Gasteiger partial charge in [0.2, 0.25) is 0 Å². The number of aryl methyl sites for hydroxylation is 3. The number of nitrogens with one attached hydrogen (secondary N) is 1. The van der Waals surface area contributed by atoms with Crippen molar-refractivity contribution in [3.8, 4) is 5.75 Å². The van der Waals surface area contributed by atoms with Gasteiger partial charge in [-0.15, -0.1) is 0 Å². The maximum Gasteiger partial charge on any atom is 0.264 e. The number of benzene rings is 4. The fourth-order valence-electron chi connectivity index (χ4n) is 3.76. The van der Waals surface area contributed by atoms with E-state index in [1.165, 1.54) is 23.9 Å². The zero-order chi connectivity index (χ0) is 27.8. The van der Waals surface area contributed by atoms with Crippen LogP contribution in [0, 0.1) is 20.8 Å². The summed E-state index contributed by atoms with van der Waals surface area (Å²) in [6.45, 7) is 5.92. The molecule has 0 saturated carbocycles. The van der Waals surface area contributed by atoms with Crippen LogP contribution in [0.4, 0.5) is 5.69 Å². The molecule has 8 heteroatoms. The standard InChI is InChI=1S/C31H31N3O4S/c1-23-9-12-27(13-10-23)22-38-29-17-14-26(15-18-29)20-32-33-31(35)21-34(28-16-11-24(2)25(3)19-28)39(36,37)30-7-5-4-6-8-30/h4-20H,21-22H2,1-3H3,(H,33,35)/b32-20+. The summed E-state index contributed by atoms with van der Waals surface area (Å²) < 4.78 is 33.8. The molecule has 0 aromatic heterocycles. The number of amides is 1. The fraction of sp³-hybridized carbons (Fsp3) is 0.161. The number of nitrogens with zero attached hydrogens (tertiary/aromatic N) is 2. The number of hydrogen-bond acceptors (Lipinski definition) is 5. The predicted molar refractivity (Wildman–Crippen MR) is 155 cm³/mol. The summed E-state index contributed by atoms with van der Waals surface area (Å²) in [5.41, 5.74) is 7.82. The Hall–Kier alpha value is -4.43. The van der Waals surface area contributed by atoms with Gasteiger partial charge in [0.05, 0.1) is 16.8 Å². The Kier molecular flexibility index (Phi) is 8.78. The van der Waals surface area contributed by atoms with Crippen molar-refractivity contribution in [3.05, 3.63) is 125 Å². The molecule has 200 valence electrons. The van der Waals surface area contributed by atoms with E-state index in [4.69, 9.17) is 4.74 Å². The molecule has 0 unspecified atom stereocenters. The van der Waals surface area contributed by atoms with Crippen LogP contribution in [0.2, 0.25) is 0 Å². The van der Waals surface area contributed by atoms with Crippen LogP contribution in [-0.2, 0) is 21.4 Å². The molecule has 0 heterocycles. The third kappa shape index (κ3) is 7.33. The van der Waals surface area contributed by atoms with Gasteiger partial charge >= 0.3 is 0 Å². The molecule has 39 heavy (non-hydrogen) atoms. The van der Waals surface area contributed by atoms with E-state index in [2.05, 4.69) is 10.5 Å². The maximum absolute atomic E-state index is 13.4. The van der Waals surface area contributed by atoms with Crippen molar-refractivity contribution in [2.75, 3.05) is 10.8 Å². The molecule has 1 N–H and O–H groups in total. The van der Waals surface area contributed by atoms with Gasteiger partial charge in [0, 0.05) is 0 Å². The molecule has 7 nitrogen and oxygen atoms in total. The molecule has 4 aromatic rings. The Labute approximate surface area is 229 Å². The highest BCUT2D eigenvalue weighted by atomic mass is 32.2. The lowest BCUT2D eigenvalue weighted by Gasteiger charge is -2.24. The summed E-state index contributed by atoms with van der Waals surface area (Å²) in [6, 6.07) is 28.8. The third-order valence-corrected chi connectivity index (χ3v) is 7.99. The molecule has 4 aromatic carbocycles. The van der Waals surface area contributed by atoms with Gasteiger partial charge < -0.3 is 4.74 Å². The molecule has 0 aliphatic carbocycles. The van der Waals surface area contributed by atoms with Crippen LogP contribution < -0.4 is 14.5 Å². The summed E-state index contributed by atoms with van der Waals surface area (Å²) in [5, 5.41) is 4.02. The van der Waals surface area contributed by atoms with Crippen LogP contribution in [0.1, 0.15) is 27.8 Å². The first-order valence-corrected chi connectivity index (χ1v) is 13.9. The highest BCUT2D eigenvalue weighted by molar-refractivity contribution is 7.92. The normalized spacial score (nSPS) is 11.4. The van der Waals surface area contributed by atoms with Gasteiger partial charge in [-0.2, -0.15) is 5.10 Å². The van der Waals surface area contributed by atoms with Crippen LogP contribution in [0.3, 0.4) is 0 Å². The molecular formula is C31H31N3O4S. The quantitative estimate of drug-likeness (QED) is 0.211. The lowest BCUT2D eigenvalue weighted by molar-refractivity contribution is -0.119. The van der Waals surface area contributed by atoms with Crippen molar-refractivity contribution in [1.29, 1.82) is 0 Å². The van der Waals surface area contributed by atoms with E-state index >= 15 is 0 Å². The van der Waals surface area contributed by atoms with E-state index < -0.39 is 22.5 Å². The highest BCUT2D eigenvalue weighted by Crippen LogP contribution is 2.25. The largest absolute Gasteiger partial charge is 0.489 e. The first kappa shape index (κ1) is 27.6. The summed E-state index contributed by atoms with van der Waals surface area (Å²) in [7, 11) is -3.98. The fourth-order valence-corrected chi connectivity index (χ4v) is 5.20. The van der Waals surface area contributed by atoms with Crippen LogP contribution in [0.5, 0.6) is 5.75 Å². The van der Waals surface area contributed by atoms with Crippen molar-refractivity contribution < 1.29 is 17.9 Å². The lowest BCUT2D eigenvalue weighted by Crippen LogP contribution is -2.39. The van der Waals surface area contributed by atoms with E-state index in [1.807, 2.05) is 75.4 Å². The van der Waals surface area contributed by atoms with Gasteiger partial charge in [-0.3, -0.25) is 9.10 Å². The van der Waals surface area contributed by atoms with Gasteiger partial charge in [-0.25, -0.2) is 13.8 Å². The first-order chi connectivity index (χ1) is 18.7. The number of ether oxygens (including phenoxy) is 1. The average molecular weight is 542 g/mol. The van der Waals surface area contributed by atoms with Crippen molar-refractivity contribution in [2.45, 2.75) is 32.3 Å². The highest BCUT2D eigenvalue weighted by Gasteiger charge is 2.27. The van der Waals surface area contributed by atoms with E-state index in [0.29, 0.717) is 18.0 Å². The molecule has 0 radical (unpaired) electrons. The summed E-state index contributed by atoms with van der Waals surface area (Å²) >= 11 is 0. The van der Waals surface area contributed by atoms with E-state index in [9.17, 15) is 13.2 Å². The minimum absolute atomic E-state index is 0.101. The number of sulfonamides is 1. The van der Waals surface area contributed by atoms with Gasteiger partial charge in [-0.05, 0) is 91.6 Å². The third-order valence-electron chi connectivity index (χ3n) is 6.21. The monoisotopic (exact) mass is 541 g/mol. The zero-order valence-electron chi connectivity index (χ0n) is 22.2. The van der Waals surface area contributed by atoms with Crippen LogP contribution in [0.25, 0.3) is 0 Å². The topological polar surface area (TPSA) is 88.1 Å². The number of hydrazone groups is 1. The molecule has 1 amide bonds. The average Bonchev–Trinajstić information content (AvgIpc) is 2.94. The molecule has 4 rings (SSSR count). The lowest BCUT2D eigenvalue weighted by atomic mass is 10.1. The van der Waals surface area contributed by atoms with E-state index in [1.54, 1.807) is 30.3 Å². The number of rotatable bonds is 10. The first-order valence-electron chi connectivity index (χ1n) is 12.5. The summed E-state index contributed by atoms with van der Waals surface area (Å²) in [6.07, 6.45) is 1.49. The Morgan fingerprint density at radius 2 is 1.56 bits per heavy atom. The minimum Gasteiger partial charge on any atom is -0.489 e. The van der Waals surface area contributed by atoms with Gasteiger partial charge in [0.1, 0.15) is 18.9 Å². The number of carbonyl (C=O) groups excluding carboxylic acids is 1. The number of carbonyl (C=O) groups is 1. The second kappa shape index (κ2) is 12.4. The number of anilines is 1.